The Balaban J connectivity index is 1.75. The molecule has 3 aromatic rings. The van der Waals surface area contributed by atoms with E-state index >= 15 is 0 Å². The van der Waals surface area contributed by atoms with Crippen LogP contribution in [0.5, 0.6) is 5.75 Å². The van der Waals surface area contributed by atoms with Crippen LogP contribution in [0.15, 0.2) is 53.7 Å². The maximum atomic E-state index is 13.0. The van der Waals surface area contributed by atoms with Crippen LogP contribution in [0, 0.1) is 17.1 Å². The molecule has 30 heavy (non-hydrogen) atoms. The molecule has 0 bridgehead atoms. The van der Waals surface area contributed by atoms with E-state index in [4.69, 9.17) is 15.2 Å². The zero-order chi connectivity index (χ0) is 21.5. The summed E-state index contributed by atoms with van der Waals surface area (Å²) in [6.45, 7) is -0.0212. The number of methoxy groups -OCH3 is 1. The van der Waals surface area contributed by atoms with Crippen LogP contribution in [-0.2, 0) is 17.1 Å². The van der Waals surface area contributed by atoms with Crippen LogP contribution in [0.2, 0.25) is 0 Å². The number of hydrogen-bond acceptors (Lipinski definition) is 8. The van der Waals surface area contributed by atoms with Crippen molar-refractivity contribution in [3.8, 4) is 11.8 Å². The largest absolute Gasteiger partial charge is 0.487 e. The number of halogens is 1. The number of nitrogen functional groups attached to an aromatic ring is 1. The fraction of sp³-hybridized carbons (Fsp3) is 0.143. The van der Waals surface area contributed by atoms with E-state index in [-0.39, 0.29) is 23.8 Å². The van der Waals surface area contributed by atoms with Crippen LogP contribution in [0.4, 0.5) is 10.2 Å². The first-order valence-electron chi connectivity index (χ1n) is 8.75. The predicted octanol–water partition coefficient (Wildman–Crippen LogP) is 3.73. The van der Waals surface area contributed by atoms with Crippen LogP contribution in [0.25, 0.3) is 0 Å². The maximum Gasteiger partial charge on any atom is 0.337 e. The van der Waals surface area contributed by atoms with Gasteiger partial charge in [0.15, 0.2) is 5.16 Å². The van der Waals surface area contributed by atoms with E-state index in [1.54, 1.807) is 18.2 Å². The highest BCUT2D eigenvalue weighted by atomic mass is 32.2. The number of nitrogens with two attached hydrogens (primary N) is 1. The second-order valence-corrected chi connectivity index (χ2v) is 6.99. The SMILES string of the molecule is COC(=O)c1cccc(CSc2nc(N)c(C#N)c(COc3ccc(F)cc3)n2)c1. The Bertz CT molecular complexity index is 1100. The number of thioether (sulfide) groups is 1. The van der Waals surface area contributed by atoms with Gasteiger partial charge in [0.1, 0.15) is 41.3 Å². The van der Waals surface area contributed by atoms with E-state index in [0.29, 0.717) is 27.9 Å². The van der Waals surface area contributed by atoms with Gasteiger partial charge in [-0.05, 0) is 42.0 Å². The monoisotopic (exact) mass is 424 g/mol. The van der Waals surface area contributed by atoms with Gasteiger partial charge in [-0.25, -0.2) is 19.2 Å². The van der Waals surface area contributed by atoms with Crippen LogP contribution in [0.3, 0.4) is 0 Å². The Hall–Kier alpha value is -3.64. The second kappa shape index (κ2) is 9.71. The number of ether oxygens (including phenoxy) is 2. The quantitative estimate of drug-likeness (QED) is 0.347. The molecule has 0 atom stereocenters. The molecule has 0 unspecified atom stereocenters. The molecular formula is C21H17FN4O3S. The highest BCUT2D eigenvalue weighted by Crippen LogP contribution is 2.24. The standard InChI is InChI=1S/C21H17FN4O3S/c1-28-20(27)14-4-2-3-13(9-14)12-30-21-25-18(17(10-23)19(24)26-21)11-29-16-7-5-15(22)6-8-16/h2-9H,11-12H2,1H3,(H2,24,25,26). The van der Waals surface area contributed by atoms with Gasteiger partial charge in [-0.3, -0.25) is 0 Å². The van der Waals surface area contributed by atoms with Crippen molar-refractivity contribution in [2.75, 3.05) is 12.8 Å². The van der Waals surface area contributed by atoms with Crippen molar-refractivity contribution in [1.82, 2.24) is 9.97 Å². The fourth-order valence-electron chi connectivity index (χ4n) is 2.53. The topological polar surface area (TPSA) is 111 Å². The lowest BCUT2D eigenvalue weighted by molar-refractivity contribution is 0.0600. The zero-order valence-electron chi connectivity index (χ0n) is 16.0. The minimum atomic E-state index is -0.416. The molecule has 3 rings (SSSR count). The minimum Gasteiger partial charge on any atom is -0.487 e. The van der Waals surface area contributed by atoms with Gasteiger partial charge in [-0.1, -0.05) is 23.9 Å². The highest BCUT2D eigenvalue weighted by molar-refractivity contribution is 7.98. The molecule has 0 saturated heterocycles. The molecule has 0 radical (unpaired) electrons. The summed E-state index contributed by atoms with van der Waals surface area (Å²) in [6.07, 6.45) is 0. The first-order chi connectivity index (χ1) is 14.5. The molecule has 9 heteroatoms. The predicted molar refractivity (Wildman–Crippen MR) is 109 cm³/mol. The van der Waals surface area contributed by atoms with Gasteiger partial charge in [-0.15, -0.1) is 0 Å². The molecule has 2 aromatic carbocycles. The third-order valence-electron chi connectivity index (χ3n) is 4.01. The number of benzene rings is 2. The fourth-order valence-corrected chi connectivity index (χ4v) is 3.34. The average Bonchev–Trinajstić information content (AvgIpc) is 2.76. The molecule has 0 spiro atoms. The van der Waals surface area contributed by atoms with Crippen molar-refractivity contribution in [2.45, 2.75) is 17.5 Å². The number of aromatic nitrogens is 2. The van der Waals surface area contributed by atoms with Gasteiger partial charge < -0.3 is 15.2 Å². The molecule has 0 fully saturated rings. The van der Waals surface area contributed by atoms with E-state index in [1.165, 1.54) is 43.1 Å². The normalized spacial score (nSPS) is 10.3. The lowest BCUT2D eigenvalue weighted by Crippen LogP contribution is -2.08. The second-order valence-electron chi connectivity index (χ2n) is 6.05. The summed E-state index contributed by atoms with van der Waals surface area (Å²) >= 11 is 1.30. The van der Waals surface area contributed by atoms with Gasteiger partial charge in [0.05, 0.1) is 12.7 Å². The van der Waals surface area contributed by atoms with E-state index in [1.807, 2.05) is 12.1 Å². The molecule has 1 heterocycles. The Morgan fingerprint density at radius 2 is 2.00 bits per heavy atom. The lowest BCUT2D eigenvalue weighted by Gasteiger charge is -2.10. The Kier molecular flexibility index (Phi) is 6.83. The molecular weight excluding hydrogens is 407 g/mol. The van der Waals surface area contributed by atoms with E-state index in [0.717, 1.165) is 5.56 Å². The van der Waals surface area contributed by atoms with Crippen LogP contribution < -0.4 is 10.5 Å². The van der Waals surface area contributed by atoms with Gasteiger partial charge in [-0.2, -0.15) is 5.26 Å². The minimum absolute atomic E-state index is 0.0212. The third-order valence-corrected chi connectivity index (χ3v) is 4.93. The number of carbonyl (C=O) groups is 1. The number of carbonyl (C=O) groups excluding carboxylic acids is 1. The highest BCUT2D eigenvalue weighted by Gasteiger charge is 2.14. The first kappa shape index (κ1) is 21.1. The van der Waals surface area contributed by atoms with Crippen molar-refractivity contribution >= 4 is 23.5 Å². The number of nitriles is 1. The molecule has 0 aliphatic heterocycles. The van der Waals surface area contributed by atoms with Crippen molar-refractivity contribution in [2.24, 2.45) is 0 Å². The smallest absolute Gasteiger partial charge is 0.337 e. The number of hydrogen-bond donors (Lipinski definition) is 1. The van der Waals surface area contributed by atoms with Gasteiger partial charge >= 0.3 is 5.97 Å². The molecule has 2 N–H and O–H groups in total. The molecule has 7 nitrogen and oxygen atoms in total. The van der Waals surface area contributed by atoms with E-state index < -0.39 is 5.97 Å². The lowest BCUT2D eigenvalue weighted by atomic mass is 10.1. The molecule has 0 amide bonds. The van der Waals surface area contributed by atoms with Crippen molar-refractivity contribution in [1.29, 1.82) is 5.26 Å². The summed E-state index contributed by atoms with van der Waals surface area (Å²) in [4.78, 5) is 20.2. The van der Waals surface area contributed by atoms with Crippen LogP contribution >= 0.6 is 11.8 Å². The maximum absolute atomic E-state index is 13.0. The summed E-state index contributed by atoms with van der Waals surface area (Å²) in [6, 6.07) is 14.5. The van der Waals surface area contributed by atoms with Crippen LogP contribution in [0.1, 0.15) is 27.2 Å². The molecule has 0 saturated carbocycles. The molecule has 0 aliphatic rings. The van der Waals surface area contributed by atoms with Gasteiger partial charge in [0.25, 0.3) is 0 Å². The first-order valence-corrected chi connectivity index (χ1v) is 9.73. The number of esters is 1. The van der Waals surface area contributed by atoms with Crippen molar-refractivity contribution in [3.63, 3.8) is 0 Å². The average molecular weight is 424 g/mol. The van der Waals surface area contributed by atoms with Crippen molar-refractivity contribution in [3.05, 3.63) is 76.7 Å². The summed E-state index contributed by atoms with van der Waals surface area (Å²) in [5, 5.41) is 9.74. The number of rotatable bonds is 7. The molecule has 1 aromatic heterocycles. The Morgan fingerprint density at radius 1 is 1.23 bits per heavy atom. The zero-order valence-corrected chi connectivity index (χ0v) is 16.8. The third kappa shape index (κ3) is 5.24. The van der Waals surface area contributed by atoms with Crippen molar-refractivity contribution < 1.29 is 18.7 Å². The summed E-state index contributed by atoms with van der Waals surface area (Å²) in [5.41, 5.74) is 7.71. The Labute approximate surface area is 176 Å². The van der Waals surface area contributed by atoms with Crippen LogP contribution in [-0.4, -0.2) is 23.0 Å². The number of anilines is 1. The van der Waals surface area contributed by atoms with E-state index in [2.05, 4.69) is 9.97 Å². The number of nitrogens with zero attached hydrogens (tertiary/aromatic N) is 3. The van der Waals surface area contributed by atoms with E-state index in [9.17, 15) is 14.4 Å². The summed E-state index contributed by atoms with van der Waals surface area (Å²) in [7, 11) is 1.33. The van der Waals surface area contributed by atoms with Gasteiger partial charge in [0.2, 0.25) is 0 Å². The molecule has 152 valence electrons. The summed E-state index contributed by atoms with van der Waals surface area (Å²) < 4.78 is 23.3. The summed E-state index contributed by atoms with van der Waals surface area (Å²) in [5.74, 6) is 0.179. The molecule has 0 aliphatic carbocycles. The Morgan fingerprint density at radius 3 is 2.70 bits per heavy atom. The van der Waals surface area contributed by atoms with Gasteiger partial charge in [0, 0.05) is 5.75 Å².